The minimum absolute atomic E-state index is 0.0308. The van der Waals surface area contributed by atoms with Gasteiger partial charge in [0.25, 0.3) is 23.4 Å². The number of imide groups is 2. The van der Waals surface area contributed by atoms with Gasteiger partial charge < -0.3 is 24.2 Å². The number of non-ortho nitro benzene ring substituents is 1. The summed E-state index contributed by atoms with van der Waals surface area (Å²) in [4.78, 5) is 84.8. The normalized spacial score (nSPS) is 23.1. The van der Waals surface area contributed by atoms with Crippen molar-refractivity contribution in [3.05, 3.63) is 141 Å². The summed E-state index contributed by atoms with van der Waals surface area (Å²) in [5.41, 5.74) is 5.61. The van der Waals surface area contributed by atoms with Crippen LogP contribution in [0.1, 0.15) is 75.9 Å². The zero-order valence-electron chi connectivity index (χ0n) is 37.7. The maximum absolute atomic E-state index is 13.7. The Hall–Kier alpha value is -7.01. The summed E-state index contributed by atoms with van der Waals surface area (Å²) < 4.78 is 12.8. The molecule has 1 N–H and O–H groups in total. The molecule has 4 fully saturated rings. The number of piperidine rings is 2. The summed E-state index contributed by atoms with van der Waals surface area (Å²) >= 11 is 0. The molecule has 5 heterocycles. The molecule has 3 saturated heterocycles. The fraction of sp³-hybridized carbons (Fsp3) is 0.365. The van der Waals surface area contributed by atoms with E-state index in [2.05, 4.69) is 20.0 Å². The molecule has 0 aromatic heterocycles. The fourth-order valence-electron chi connectivity index (χ4n) is 10.1. The van der Waals surface area contributed by atoms with E-state index in [1.54, 1.807) is 41.3 Å². The Balaban J connectivity index is 0.621. The number of nitro benzene ring substituents is 1. The van der Waals surface area contributed by atoms with Crippen molar-refractivity contribution in [2.75, 3.05) is 62.2 Å². The number of para-hydroxylation sites is 1. The number of benzene rings is 4. The number of hydrogen-bond donors (Lipinski definition) is 1. The van der Waals surface area contributed by atoms with Gasteiger partial charge in [0.1, 0.15) is 17.9 Å². The summed E-state index contributed by atoms with van der Waals surface area (Å²) in [6, 6.07) is 26.3. The van der Waals surface area contributed by atoms with E-state index in [-0.39, 0.29) is 42.7 Å². The highest BCUT2D eigenvalue weighted by molar-refractivity contribution is 6.32. The Morgan fingerprint density at radius 1 is 0.706 bits per heavy atom. The lowest BCUT2D eigenvalue weighted by atomic mass is 9.91. The average molecular weight is 920 g/mol. The summed E-state index contributed by atoms with van der Waals surface area (Å²) in [6.45, 7) is 7.81. The zero-order valence-corrected chi connectivity index (χ0v) is 37.7. The second-order valence-electron chi connectivity index (χ2n) is 18.4. The number of anilines is 2. The molecule has 16 heteroatoms. The molecule has 68 heavy (non-hydrogen) atoms. The number of rotatable bonds is 14. The summed E-state index contributed by atoms with van der Waals surface area (Å²) in [5.74, 6) is -1.26. The number of nitro groups is 1. The monoisotopic (exact) mass is 919 g/mol. The predicted octanol–water partition coefficient (Wildman–Crippen LogP) is 5.85. The first-order valence-corrected chi connectivity index (χ1v) is 23.5. The number of likely N-dealkylation sites (tertiary alicyclic amines) is 1. The molecule has 16 nitrogen and oxygen atoms in total. The van der Waals surface area contributed by atoms with Crippen LogP contribution in [0.5, 0.6) is 5.75 Å². The lowest BCUT2D eigenvalue weighted by Gasteiger charge is -2.40. The first-order valence-electron chi connectivity index (χ1n) is 23.5. The van der Waals surface area contributed by atoms with Crippen molar-refractivity contribution in [2.45, 2.75) is 69.4 Å². The molecule has 4 aromatic carbocycles. The standard InChI is InChI=1S/C52H53N7O9/c60-48-19-18-47(49(61)53-48)58-51(63)44-17-14-37(30-45(44)52(58)64)56-28-26-55(27-29-56)25-24-54-22-20-39(21-23-54)68-41-31-40(32-41)67-38-15-10-35(11-16-38)33-57-46-7-2-1-5-42(46)43(50(57)62)6-3-4-34-8-12-36(13-9-34)59(65)66/h1-17,30,39-41,47H,18-29,31-33H2,(H,53,60,61)/b4-3+,43-6-/t40-,41-,47?. The Kier molecular flexibility index (Phi) is 12.7. The molecule has 1 atom stereocenters. The lowest BCUT2D eigenvalue weighted by Crippen LogP contribution is -2.54. The third-order valence-electron chi connectivity index (χ3n) is 14.0. The van der Waals surface area contributed by atoms with Crippen molar-refractivity contribution in [1.82, 2.24) is 20.0 Å². The van der Waals surface area contributed by atoms with E-state index >= 15 is 0 Å². The van der Waals surface area contributed by atoms with Crippen LogP contribution in [0.15, 0.2) is 103 Å². The van der Waals surface area contributed by atoms with Crippen LogP contribution in [-0.2, 0) is 25.7 Å². The number of amides is 5. The molecule has 1 unspecified atom stereocenters. The smallest absolute Gasteiger partial charge is 0.269 e. The Labute approximate surface area is 393 Å². The number of allylic oxidation sites excluding steroid dienone is 2. The molecule has 0 bridgehead atoms. The largest absolute Gasteiger partial charge is 0.490 e. The average Bonchev–Trinajstić information content (AvgIpc) is 3.75. The van der Waals surface area contributed by atoms with Gasteiger partial charge in [0.05, 0.1) is 40.5 Å². The number of carbonyl (C=O) groups is 5. The molecule has 1 saturated carbocycles. The van der Waals surface area contributed by atoms with Gasteiger partial charge in [-0.1, -0.05) is 42.5 Å². The quantitative estimate of drug-likeness (QED) is 0.0693. The molecule has 10 rings (SSSR count). The molecule has 0 radical (unpaired) electrons. The van der Waals surface area contributed by atoms with Gasteiger partial charge in [-0.25, -0.2) is 0 Å². The fourth-order valence-corrected chi connectivity index (χ4v) is 10.1. The molecule has 350 valence electrons. The van der Waals surface area contributed by atoms with Gasteiger partial charge in [-0.15, -0.1) is 0 Å². The van der Waals surface area contributed by atoms with Crippen LogP contribution in [0, 0.1) is 10.1 Å². The van der Waals surface area contributed by atoms with Gasteiger partial charge in [0.2, 0.25) is 11.8 Å². The van der Waals surface area contributed by atoms with Crippen molar-refractivity contribution < 1.29 is 38.4 Å². The van der Waals surface area contributed by atoms with Crippen LogP contribution < -0.4 is 19.9 Å². The van der Waals surface area contributed by atoms with Gasteiger partial charge in [0, 0.05) is 101 Å². The van der Waals surface area contributed by atoms with Gasteiger partial charge in [-0.3, -0.25) is 49.2 Å². The number of nitrogens with one attached hydrogen (secondary N) is 1. The van der Waals surface area contributed by atoms with Crippen molar-refractivity contribution >= 4 is 58.2 Å². The predicted molar refractivity (Wildman–Crippen MR) is 254 cm³/mol. The first kappa shape index (κ1) is 44.8. The van der Waals surface area contributed by atoms with E-state index in [1.807, 2.05) is 60.7 Å². The van der Waals surface area contributed by atoms with Crippen molar-refractivity contribution in [1.29, 1.82) is 0 Å². The minimum atomic E-state index is -0.973. The second-order valence-corrected chi connectivity index (χ2v) is 18.4. The number of carbonyl (C=O) groups excluding carboxylic acids is 5. The molecule has 4 aromatic rings. The maximum atomic E-state index is 13.7. The topological polar surface area (TPSA) is 175 Å². The van der Waals surface area contributed by atoms with E-state index in [0.717, 1.165) is 117 Å². The van der Waals surface area contributed by atoms with Crippen LogP contribution in [0.2, 0.25) is 0 Å². The van der Waals surface area contributed by atoms with Crippen molar-refractivity contribution in [2.24, 2.45) is 0 Å². The molecule has 6 aliphatic rings. The van der Waals surface area contributed by atoms with Crippen LogP contribution >= 0.6 is 0 Å². The van der Waals surface area contributed by atoms with Gasteiger partial charge in [-0.2, -0.15) is 0 Å². The number of piperazine rings is 1. The van der Waals surface area contributed by atoms with Gasteiger partial charge in [0.15, 0.2) is 0 Å². The van der Waals surface area contributed by atoms with E-state index < -0.39 is 34.6 Å². The van der Waals surface area contributed by atoms with Crippen molar-refractivity contribution in [3.63, 3.8) is 0 Å². The molecule has 5 aliphatic heterocycles. The number of ether oxygens (including phenoxy) is 2. The van der Waals surface area contributed by atoms with Crippen LogP contribution in [0.25, 0.3) is 11.6 Å². The Bertz CT molecular complexity index is 2680. The molecule has 0 spiro atoms. The summed E-state index contributed by atoms with van der Waals surface area (Å²) in [5, 5.41) is 13.2. The summed E-state index contributed by atoms with van der Waals surface area (Å²) in [7, 11) is 0. The Morgan fingerprint density at radius 3 is 2.13 bits per heavy atom. The van der Waals surface area contributed by atoms with E-state index in [4.69, 9.17) is 9.47 Å². The highest BCUT2D eigenvalue weighted by Gasteiger charge is 2.45. The minimum Gasteiger partial charge on any atom is -0.490 e. The van der Waals surface area contributed by atoms with Crippen molar-refractivity contribution in [3.8, 4) is 5.75 Å². The number of hydrogen-bond acceptors (Lipinski definition) is 12. The second kappa shape index (κ2) is 19.3. The highest BCUT2D eigenvalue weighted by atomic mass is 16.6. The zero-order chi connectivity index (χ0) is 46.9. The van der Waals surface area contributed by atoms with Crippen LogP contribution in [0.4, 0.5) is 17.1 Å². The number of fused-ring (bicyclic) bond motifs is 2. The maximum Gasteiger partial charge on any atom is 0.269 e. The number of nitrogens with zero attached hydrogens (tertiary/aromatic N) is 6. The molecular weight excluding hydrogens is 867 g/mol. The van der Waals surface area contributed by atoms with Crippen LogP contribution in [-0.4, -0.2) is 126 Å². The lowest BCUT2D eigenvalue weighted by molar-refractivity contribution is -0.384. The van der Waals surface area contributed by atoms with E-state index in [0.29, 0.717) is 23.2 Å². The molecule has 1 aliphatic carbocycles. The van der Waals surface area contributed by atoms with Gasteiger partial charge >= 0.3 is 0 Å². The van der Waals surface area contributed by atoms with E-state index in [1.165, 1.54) is 12.1 Å². The highest BCUT2D eigenvalue weighted by Crippen LogP contribution is 2.38. The van der Waals surface area contributed by atoms with Gasteiger partial charge in [-0.05, 0) is 85.0 Å². The third-order valence-corrected chi connectivity index (χ3v) is 14.0. The SMILES string of the molecule is O=C1CCC(N2C(=O)c3ccc(N4CCN(CCN5CCC(O[C@H]6C[C@H](Oc7ccc(CN8C(=O)/C(=C\C=C\c9ccc([N+](=O)[O-])cc9)c9ccccc98)cc7)C6)CC5)CC4)cc3C2=O)C(=O)N1. The molecular formula is C52H53N7O9. The first-order chi connectivity index (χ1) is 33.0. The third kappa shape index (κ3) is 9.44. The van der Waals surface area contributed by atoms with E-state index in [9.17, 15) is 34.1 Å². The van der Waals surface area contributed by atoms with Crippen LogP contribution in [0.3, 0.4) is 0 Å². The Morgan fingerprint density at radius 2 is 1.41 bits per heavy atom. The summed E-state index contributed by atoms with van der Waals surface area (Å²) in [6.07, 6.45) is 9.96. The molecule has 5 amide bonds.